The van der Waals surface area contributed by atoms with Gasteiger partial charge in [-0.15, -0.1) is 0 Å². The van der Waals surface area contributed by atoms with Gasteiger partial charge < -0.3 is 9.47 Å². The summed E-state index contributed by atoms with van der Waals surface area (Å²) in [6, 6.07) is 0. The van der Waals surface area contributed by atoms with Crippen LogP contribution in [0.3, 0.4) is 0 Å². The average molecular weight is 425 g/mol. The zero-order chi connectivity index (χ0) is 21.9. The summed E-state index contributed by atoms with van der Waals surface area (Å²) in [6.45, 7) is 7.51. The summed E-state index contributed by atoms with van der Waals surface area (Å²) in [7, 11) is 0. The number of hydrogen-bond acceptors (Lipinski definition) is 3. The maximum atomic E-state index is 12.7. The second kappa shape index (κ2) is 19.1. The molecule has 0 saturated carbocycles. The van der Waals surface area contributed by atoms with Crippen molar-refractivity contribution in [1.82, 2.24) is 0 Å². The Hall–Kier alpha value is -0.570. The standard InChI is InChI=1S/C27H52O3/c1-4-7-10-12-13-14-15-16-17-20-24-23-26(29-22-19-9-6-3)25(27(28)30-24)21-18-11-8-5-2/h24-26H,4-23H2,1-3H3/t24-,25+,26+/m1/s1. The first-order chi connectivity index (χ1) is 14.7. The first-order valence-electron chi connectivity index (χ1n) is 13.5. The first-order valence-corrected chi connectivity index (χ1v) is 13.5. The summed E-state index contributed by atoms with van der Waals surface area (Å²) in [5.74, 6) is -0.0259. The van der Waals surface area contributed by atoms with E-state index in [2.05, 4.69) is 20.8 Å². The third kappa shape index (κ3) is 13.0. The normalized spacial score (nSPS) is 21.7. The van der Waals surface area contributed by atoms with E-state index in [1.54, 1.807) is 0 Å². The average Bonchev–Trinajstić information content (AvgIpc) is 2.74. The molecule has 0 spiro atoms. The molecule has 3 heteroatoms. The Kier molecular flexibility index (Phi) is 17.5. The van der Waals surface area contributed by atoms with Gasteiger partial charge in [0, 0.05) is 13.0 Å². The lowest BCUT2D eigenvalue weighted by Gasteiger charge is -2.35. The molecule has 1 rings (SSSR count). The van der Waals surface area contributed by atoms with Crippen LogP contribution < -0.4 is 0 Å². The van der Waals surface area contributed by atoms with Crippen molar-refractivity contribution in [2.24, 2.45) is 5.92 Å². The Morgan fingerprint density at radius 1 is 0.700 bits per heavy atom. The monoisotopic (exact) mass is 424 g/mol. The predicted octanol–water partition coefficient (Wildman–Crippen LogP) is 8.38. The van der Waals surface area contributed by atoms with E-state index in [1.165, 1.54) is 89.9 Å². The number of unbranched alkanes of at least 4 members (excludes halogenated alkanes) is 13. The van der Waals surface area contributed by atoms with Gasteiger partial charge in [-0.25, -0.2) is 0 Å². The van der Waals surface area contributed by atoms with Crippen molar-refractivity contribution >= 4 is 5.97 Å². The molecule has 0 bridgehead atoms. The van der Waals surface area contributed by atoms with Crippen LogP contribution in [0, 0.1) is 5.92 Å². The Morgan fingerprint density at radius 3 is 1.83 bits per heavy atom. The minimum Gasteiger partial charge on any atom is -0.462 e. The molecule has 3 atom stereocenters. The Balaban J connectivity index is 2.31. The number of cyclic esters (lactones) is 1. The number of carbonyl (C=O) groups excluding carboxylic acids is 1. The van der Waals surface area contributed by atoms with Gasteiger partial charge in [0.2, 0.25) is 0 Å². The van der Waals surface area contributed by atoms with Crippen LogP contribution in [-0.2, 0) is 14.3 Å². The fourth-order valence-corrected chi connectivity index (χ4v) is 4.60. The van der Waals surface area contributed by atoms with Gasteiger partial charge in [-0.05, 0) is 25.7 Å². The molecule has 0 amide bonds. The van der Waals surface area contributed by atoms with Crippen molar-refractivity contribution in [3.05, 3.63) is 0 Å². The fraction of sp³-hybridized carbons (Fsp3) is 0.963. The van der Waals surface area contributed by atoms with Crippen molar-refractivity contribution in [3.63, 3.8) is 0 Å². The van der Waals surface area contributed by atoms with E-state index in [0.717, 1.165) is 38.7 Å². The predicted molar refractivity (Wildman–Crippen MR) is 128 cm³/mol. The SMILES string of the molecule is CCCCCCCCCCC[C@@H]1C[C@H](OCCCCC)[C@H](CCCCCC)C(=O)O1. The Morgan fingerprint density at radius 2 is 1.20 bits per heavy atom. The smallest absolute Gasteiger partial charge is 0.311 e. The van der Waals surface area contributed by atoms with Crippen molar-refractivity contribution in [1.29, 1.82) is 0 Å². The molecule has 1 aliphatic rings. The lowest BCUT2D eigenvalue weighted by molar-refractivity contribution is -0.175. The third-order valence-electron chi connectivity index (χ3n) is 6.61. The largest absolute Gasteiger partial charge is 0.462 e. The van der Waals surface area contributed by atoms with Gasteiger partial charge in [0.25, 0.3) is 0 Å². The molecule has 1 fully saturated rings. The second-order valence-corrected chi connectivity index (χ2v) is 9.48. The zero-order valence-corrected chi connectivity index (χ0v) is 20.6. The van der Waals surface area contributed by atoms with Gasteiger partial charge in [0.1, 0.15) is 6.10 Å². The van der Waals surface area contributed by atoms with Crippen molar-refractivity contribution in [2.45, 2.75) is 155 Å². The molecule has 178 valence electrons. The zero-order valence-electron chi connectivity index (χ0n) is 20.6. The van der Waals surface area contributed by atoms with Crippen LogP contribution >= 0.6 is 0 Å². The molecule has 0 radical (unpaired) electrons. The number of carbonyl (C=O) groups is 1. The number of hydrogen-bond donors (Lipinski definition) is 0. The van der Waals surface area contributed by atoms with Gasteiger partial charge >= 0.3 is 5.97 Å². The lowest BCUT2D eigenvalue weighted by Crippen LogP contribution is -2.43. The highest BCUT2D eigenvalue weighted by molar-refractivity contribution is 5.74. The molecule has 30 heavy (non-hydrogen) atoms. The summed E-state index contributed by atoms with van der Waals surface area (Å²) in [5.41, 5.74) is 0. The summed E-state index contributed by atoms with van der Waals surface area (Å²) in [6.07, 6.45) is 23.3. The molecule has 0 N–H and O–H groups in total. The third-order valence-corrected chi connectivity index (χ3v) is 6.61. The molecular formula is C27H52O3. The maximum Gasteiger partial charge on any atom is 0.311 e. The molecule has 0 aromatic carbocycles. The second-order valence-electron chi connectivity index (χ2n) is 9.48. The van der Waals surface area contributed by atoms with Gasteiger partial charge in [-0.3, -0.25) is 4.79 Å². The van der Waals surface area contributed by atoms with E-state index in [4.69, 9.17) is 9.47 Å². The van der Waals surface area contributed by atoms with Crippen molar-refractivity contribution in [2.75, 3.05) is 6.61 Å². The molecule has 3 nitrogen and oxygen atoms in total. The van der Waals surface area contributed by atoms with Crippen LogP contribution in [0.2, 0.25) is 0 Å². The molecule has 0 aliphatic carbocycles. The van der Waals surface area contributed by atoms with Crippen LogP contribution in [0.4, 0.5) is 0 Å². The lowest BCUT2D eigenvalue weighted by atomic mass is 9.88. The van der Waals surface area contributed by atoms with E-state index in [9.17, 15) is 4.79 Å². The van der Waals surface area contributed by atoms with E-state index >= 15 is 0 Å². The molecule has 0 aromatic rings. The van der Waals surface area contributed by atoms with Gasteiger partial charge in [-0.1, -0.05) is 111 Å². The first kappa shape index (κ1) is 27.5. The van der Waals surface area contributed by atoms with E-state index in [1.807, 2.05) is 0 Å². The van der Waals surface area contributed by atoms with E-state index < -0.39 is 0 Å². The maximum absolute atomic E-state index is 12.7. The topological polar surface area (TPSA) is 35.5 Å². The fourth-order valence-electron chi connectivity index (χ4n) is 4.60. The number of ether oxygens (including phenoxy) is 2. The van der Waals surface area contributed by atoms with Crippen LogP contribution in [0.1, 0.15) is 143 Å². The number of esters is 1. The summed E-state index contributed by atoms with van der Waals surface area (Å²) >= 11 is 0. The minimum absolute atomic E-state index is 0.0131. The quantitative estimate of drug-likeness (QED) is 0.145. The van der Waals surface area contributed by atoms with Crippen LogP contribution in [0.15, 0.2) is 0 Å². The molecule has 1 aliphatic heterocycles. The van der Waals surface area contributed by atoms with Crippen LogP contribution in [0.25, 0.3) is 0 Å². The summed E-state index contributed by atoms with van der Waals surface area (Å²) in [4.78, 5) is 12.7. The Bertz CT molecular complexity index is 396. The highest BCUT2D eigenvalue weighted by Gasteiger charge is 2.38. The molecular weight excluding hydrogens is 372 g/mol. The molecule has 1 heterocycles. The van der Waals surface area contributed by atoms with Crippen molar-refractivity contribution < 1.29 is 14.3 Å². The molecule has 0 unspecified atom stereocenters. The summed E-state index contributed by atoms with van der Waals surface area (Å²) < 4.78 is 12.1. The minimum atomic E-state index is -0.0390. The highest BCUT2D eigenvalue weighted by atomic mass is 16.6. The van der Waals surface area contributed by atoms with Gasteiger partial charge in [0.15, 0.2) is 0 Å². The van der Waals surface area contributed by atoms with Gasteiger partial charge in [0.05, 0.1) is 12.0 Å². The highest BCUT2D eigenvalue weighted by Crippen LogP contribution is 2.30. The van der Waals surface area contributed by atoms with E-state index in [-0.39, 0.29) is 24.1 Å². The van der Waals surface area contributed by atoms with Gasteiger partial charge in [-0.2, -0.15) is 0 Å². The van der Waals surface area contributed by atoms with Crippen LogP contribution in [0.5, 0.6) is 0 Å². The van der Waals surface area contributed by atoms with Crippen LogP contribution in [-0.4, -0.2) is 24.8 Å². The Labute approximate surface area is 188 Å². The van der Waals surface area contributed by atoms with E-state index in [0.29, 0.717) is 0 Å². The molecule has 1 saturated heterocycles. The summed E-state index contributed by atoms with van der Waals surface area (Å²) in [5, 5.41) is 0. The molecule has 0 aromatic heterocycles. The van der Waals surface area contributed by atoms with Crippen molar-refractivity contribution in [3.8, 4) is 0 Å². The number of rotatable bonds is 20.